The van der Waals surface area contributed by atoms with Gasteiger partial charge in [0.25, 0.3) is 5.89 Å². The molecular weight excluding hydrogens is 288 g/mol. The van der Waals surface area contributed by atoms with Crippen LogP contribution in [-0.4, -0.2) is 52.4 Å². The van der Waals surface area contributed by atoms with E-state index in [1.807, 2.05) is 4.90 Å². The first-order valence-corrected chi connectivity index (χ1v) is 7.25. The van der Waals surface area contributed by atoms with Crippen molar-refractivity contribution < 1.29 is 18.7 Å². The van der Waals surface area contributed by atoms with Gasteiger partial charge in [-0.15, -0.1) is 5.10 Å². The number of hydrogen-bond acceptors (Lipinski definition) is 7. The number of piperidine rings is 1. The lowest BCUT2D eigenvalue weighted by Gasteiger charge is -2.30. The molecule has 8 heteroatoms. The van der Waals surface area contributed by atoms with Gasteiger partial charge in [-0.3, -0.25) is 15.0 Å². The largest absolute Gasteiger partial charge is 0.459 e. The average molecular weight is 306 g/mol. The molecule has 2 N–H and O–H groups in total. The normalized spacial score (nSPS) is 16.8. The fourth-order valence-corrected chi connectivity index (χ4v) is 2.46. The zero-order chi connectivity index (χ0) is 15.4. The number of carbonyl (C=O) groups excluding carboxylic acids is 1. The van der Waals surface area contributed by atoms with Gasteiger partial charge in [-0.2, -0.15) is 0 Å². The smallest absolute Gasteiger partial charge is 0.322 e. The number of hydrogen-bond donors (Lipinski definition) is 2. The molecule has 1 aliphatic rings. The fourth-order valence-electron chi connectivity index (χ4n) is 2.46. The van der Waals surface area contributed by atoms with E-state index in [2.05, 4.69) is 15.5 Å². The van der Waals surface area contributed by atoms with E-state index in [9.17, 15) is 4.79 Å². The number of nitrogens with zero attached hydrogens (tertiary/aromatic N) is 3. The second kappa shape index (κ2) is 6.71. The molecule has 0 aromatic carbocycles. The van der Waals surface area contributed by atoms with Gasteiger partial charge in [-0.05, 0) is 44.0 Å². The van der Waals surface area contributed by atoms with Crippen LogP contribution in [0.5, 0.6) is 0 Å². The zero-order valence-electron chi connectivity index (χ0n) is 12.1. The maximum absolute atomic E-state index is 12.0. The van der Waals surface area contributed by atoms with Crippen molar-refractivity contribution in [2.24, 2.45) is 5.92 Å². The molecule has 0 unspecified atom stereocenters. The standard InChI is InChI=1S/C14H18N4O4/c19-9-10-3-5-18(6-4-10)8-12(20)15-14-17-16-13(22-14)11-2-1-7-21-11/h1-2,7,10,19H,3-6,8-9H2,(H,15,17,20). The van der Waals surface area contributed by atoms with Gasteiger partial charge in [0.1, 0.15) is 0 Å². The van der Waals surface area contributed by atoms with E-state index < -0.39 is 0 Å². The van der Waals surface area contributed by atoms with E-state index in [-0.39, 0.29) is 31.0 Å². The summed E-state index contributed by atoms with van der Waals surface area (Å²) in [7, 11) is 0. The van der Waals surface area contributed by atoms with Gasteiger partial charge in [0, 0.05) is 6.61 Å². The van der Waals surface area contributed by atoms with Gasteiger partial charge in [0.15, 0.2) is 5.76 Å². The highest BCUT2D eigenvalue weighted by molar-refractivity contribution is 5.90. The number of anilines is 1. The first-order chi connectivity index (χ1) is 10.7. The highest BCUT2D eigenvalue weighted by Crippen LogP contribution is 2.20. The summed E-state index contributed by atoms with van der Waals surface area (Å²) >= 11 is 0. The first-order valence-electron chi connectivity index (χ1n) is 7.25. The Morgan fingerprint density at radius 1 is 1.41 bits per heavy atom. The topological polar surface area (TPSA) is 105 Å². The number of furan rings is 1. The number of nitrogens with one attached hydrogen (secondary N) is 1. The van der Waals surface area contributed by atoms with Gasteiger partial charge in [0.05, 0.1) is 12.8 Å². The van der Waals surface area contributed by atoms with Crippen LogP contribution in [0.2, 0.25) is 0 Å². The van der Waals surface area contributed by atoms with E-state index in [1.54, 1.807) is 12.1 Å². The quantitative estimate of drug-likeness (QED) is 0.848. The van der Waals surface area contributed by atoms with Crippen LogP contribution >= 0.6 is 0 Å². The molecule has 0 spiro atoms. The highest BCUT2D eigenvalue weighted by atomic mass is 16.4. The van der Waals surface area contributed by atoms with Crippen molar-refractivity contribution in [1.29, 1.82) is 0 Å². The second-order valence-corrected chi connectivity index (χ2v) is 5.34. The Hall–Kier alpha value is -2.19. The van der Waals surface area contributed by atoms with Crippen LogP contribution in [0.25, 0.3) is 11.7 Å². The molecule has 3 rings (SSSR count). The Labute approximate surface area is 127 Å². The summed E-state index contributed by atoms with van der Waals surface area (Å²) in [4.78, 5) is 14.0. The van der Waals surface area contributed by atoms with Gasteiger partial charge >= 0.3 is 6.01 Å². The third-order valence-corrected chi connectivity index (χ3v) is 3.74. The first kappa shape index (κ1) is 14.7. The maximum atomic E-state index is 12.0. The van der Waals surface area contributed by atoms with Crippen molar-refractivity contribution in [2.45, 2.75) is 12.8 Å². The van der Waals surface area contributed by atoms with Crippen molar-refractivity contribution in [3.8, 4) is 11.7 Å². The average Bonchev–Trinajstić information content (AvgIpc) is 3.19. The van der Waals surface area contributed by atoms with Crippen molar-refractivity contribution in [1.82, 2.24) is 15.1 Å². The Bertz CT molecular complexity index is 602. The number of rotatable bonds is 5. The number of carbonyl (C=O) groups is 1. The molecule has 0 aliphatic carbocycles. The lowest BCUT2D eigenvalue weighted by atomic mass is 9.98. The molecule has 1 fully saturated rings. The summed E-state index contributed by atoms with van der Waals surface area (Å²) in [5, 5.41) is 19.3. The second-order valence-electron chi connectivity index (χ2n) is 5.34. The van der Waals surface area contributed by atoms with E-state index in [0.29, 0.717) is 11.7 Å². The number of aliphatic hydroxyl groups excluding tert-OH is 1. The van der Waals surface area contributed by atoms with Crippen LogP contribution in [0.1, 0.15) is 12.8 Å². The molecule has 2 aromatic rings. The maximum Gasteiger partial charge on any atom is 0.322 e. The minimum atomic E-state index is -0.197. The minimum Gasteiger partial charge on any atom is -0.459 e. The van der Waals surface area contributed by atoms with E-state index >= 15 is 0 Å². The van der Waals surface area contributed by atoms with Crippen LogP contribution < -0.4 is 5.32 Å². The summed E-state index contributed by atoms with van der Waals surface area (Å²) < 4.78 is 10.5. The van der Waals surface area contributed by atoms with Gasteiger partial charge < -0.3 is 13.9 Å². The number of aliphatic hydroxyl groups is 1. The summed E-state index contributed by atoms with van der Waals surface area (Å²) in [6, 6.07) is 3.47. The summed E-state index contributed by atoms with van der Waals surface area (Å²) in [5.74, 6) is 0.839. The van der Waals surface area contributed by atoms with Crippen LogP contribution in [0.15, 0.2) is 27.2 Å². The number of aromatic nitrogens is 2. The summed E-state index contributed by atoms with van der Waals surface area (Å²) in [6.07, 6.45) is 3.33. The lowest BCUT2D eigenvalue weighted by Crippen LogP contribution is -2.39. The van der Waals surface area contributed by atoms with Crippen LogP contribution in [0, 0.1) is 5.92 Å². The number of likely N-dealkylation sites (tertiary alicyclic amines) is 1. The number of amides is 1. The monoisotopic (exact) mass is 306 g/mol. The van der Waals surface area contributed by atoms with Crippen molar-refractivity contribution in [2.75, 3.05) is 31.6 Å². The molecule has 2 aromatic heterocycles. The molecule has 0 saturated carbocycles. The minimum absolute atomic E-state index is 0.0571. The summed E-state index contributed by atoms with van der Waals surface area (Å²) in [6.45, 7) is 2.11. The molecule has 118 valence electrons. The van der Waals surface area contributed by atoms with Crippen molar-refractivity contribution in [3.05, 3.63) is 18.4 Å². The van der Waals surface area contributed by atoms with Crippen LogP contribution in [0.3, 0.4) is 0 Å². The van der Waals surface area contributed by atoms with Crippen molar-refractivity contribution in [3.63, 3.8) is 0 Å². The molecule has 0 atom stereocenters. The van der Waals surface area contributed by atoms with E-state index in [4.69, 9.17) is 13.9 Å². The van der Waals surface area contributed by atoms with E-state index in [0.717, 1.165) is 25.9 Å². The Balaban J connectivity index is 1.50. The third kappa shape index (κ3) is 3.52. The van der Waals surface area contributed by atoms with Gasteiger partial charge in [-0.25, -0.2) is 0 Å². The third-order valence-electron chi connectivity index (χ3n) is 3.74. The van der Waals surface area contributed by atoms with Crippen molar-refractivity contribution >= 4 is 11.9 Å². The molecular formula is C14H18N4O4. The molecule has 0 radical (unpaired) electrons. The summed E-state index contributed by atoms with van der Waals surface area (Å²) in [5.41, 5.74) is 0. The molecule has 8 nitrogen and oxygen atoms in total. The lowest BCUT2D eigenvalue weighted by molar-refractivity contribution is -0.117. The predicted molar refractivity (Wildman–Crippen MR) is 76.9 cm³/mol. The molecule has 1 amide bonds. The molecule has 1 aliphatic heterocycles. The predicted octanol–water partition coefficient (Wildman–Crippen LogP) is 0.972. The Kier molecular flexibility index (Phi) is 4.50. The Morgan fingerprint density at radius 2 is 2.23 bits per heavy atom. The molecule has 3 heterocycles. The molecule has 1 saturated heterocycles. The molecule has 22 heavy (non-hydrogen) atoms. The van der Waals surface area contributed by atoms with E-state index in [1.165, 1.54) is 6.26 Å². The van der Waals surface area contributed by atoms with Crippen LogP contribution in [-0.2, 0) is 4.79 Å². The highest BCUT2D eigenvalue weighted by Gasteiger charge is 2.21. The van der Waals surface area contributed by atoms with Gasteiger partial charge in [-0.1, -0.05) is 5.10 Å². The Morgan fingerprint density at radius 3 is 2.91 bits per heavy atom. The fraction of sp³-hybridized carbons (Fsp3) is 0.500. The molecule has 0 bridgehead atoms. The zero-order valence-corrected chi connectivity index (χ0v) is 12.1. The SMILES string of the molecule is O=C(CN1CCC(CO)CC1)Nc1nnc(-c2ccco2)o1. The van der Waals surface area contributed by atoms with Gasteiger partial charge in [0.2, 0.25) is 5.91 Å². The van der Waals surface area contributed by atoms with Crippen LogP contribution in [0.4, 0.5) is 6.01 Å².